The molecule has 1 N–H and O–H groups in total. The van der Waals surface area contributed by atoms with Crippen LogP contribution >= 0.6 is 22.3 Å². The summed E-state index contributed by atoms with van der Waals surface area (Å²) in [6.07, 6.45) is 2.03. The third kappa shape index (κ3) is 3.42. The molecule has 0 radical (unpaired) electrons. The number of nitrogens with one attached hydrogen (secondary N) is 1. The van der Waals surface area contributed by atoms with Crippen molar-refractivity contribution < 1.29 is 17.6 Å². The number of halogens is 3. The number of hydrogen-bond donors (Lipinski definition) is 1. The molecule has 8 heteroatoms. The zero-order chi connectivity index (χ0) is 15.1. The van der Waals surface area contributed by atoms with Gasteiger partial charge in [0.1, 0.15) is 4.90 Å². The molecule has 0 bridgehead atoms. The number of carbonyl (C=O) groups excluding carboxylic acids is 1. The lowest BCUT2D eigenvalue weighted by Gasteiger charge is -2.14. The van der Waals surface area contributed by atoms with E-state index in [1.54, 1.807) is 0 Å². The Kier molecular flexibility index (Phi) is 4.27. The van der Waals surface area contributed by atoms with E-state index in [-0.39, 0.29) is 11.1 Å². The quantitative estimate of drug-likeness (QED) is 0.857. The van der Waals surface area contributed by atoms with Crippen LogP contribution in [0.25, 0.3) is 0 Å². The van der Waals surface area contributed by atoms with Crippen molar-refractivity contribution in [3.05, 3.63) is 28.5 Å². The van der Waals surface area contributed by atoms with Crippen molar-refractivity contribution in [3.63, 3.8) is 0 Å². The SMILES string of the molecule is CC(NC(=O)c1cc(Cl)cc(S(=O)(=O)Cl)c1F)C1CC1. The number of rotatable bonds is 4. The molecule has 1 atom stereocenters. The molecule has 0 aliphatic heterocycles. The zero-order valence-electron chi connectivity index (χ0n) is 10.5. The van der Waals surface area contributed by atoms with Crippen molar-refractivity contribution in [3.8, 4) is 0 Å². The second-order valence-corrected chi connectivity index (χ2v) is 7.77. The maximum Gasteiger partial charge on any atom is 0.264 e. The van der Waals surface area contributed by atoms with Crippen molar-refractivity contribution in [2.24, 2.45) is 5.92 Å². The summed E-state index contributed by atoms with van der Waals surface area (Å²) in [5, 5.41) is 2.56. The predicted octanol–water partition coefficient (Wildman–Crippen LogP) is 2.93. The van der Waals surface area contributed by atoms with E-state index in [2.05, 4.69) is 5.32 Å². The lowest BCUT2D eigenvalue weighted by atomic mass is 10.1. The monoisotopic (exact) mass is 339 g/mol. The summed E-state index contributed by atoms with van der Waals surface area (Å²) in [7, 11) is 0.809. The van der Waals surface area contributed by atoms with Gasteiger partial charge in [0.15, 0.2) is 5.82 Å². The highest BCUT2D eigenvalue weighted by Gasteiger charge is 2.30. The van der Waals surface area contributed by atoms with Crippen LogP contribution < -0.4 is 5.32 Å². The summed E-state index contributed by atoms with van der Waals surface area (Å²) < 4.78 is 36.6. The minimum Gasteiger partial charge on any atom is -0.349 e. The van der Waals surface area contributed by atoms with E-state index in [0.29, 0.717) is 5.92 Å². The van der Waals surface area contributed by atoms with E-state index >= 15 is 0 Å². The van der Waals surface area contributed by atoms with Crippen LogP contribution in [0.15, 0.2) is 17.0 Å². The fourth-order valence-corrected chi connectivity index (χ4v) is 3.12. The van der Waals surface area contributed by atoms with Crippen LogP contribution in [-0.4, -0.2) is 20.4 Å². The molecule has 1 amide bonds. The second kappa shape index (κ2) is 5.50. The van der Waals surface area contributed by atoms with Gasteiger partial charge >= 0.3 is 0 Å². The van der Waals surface area contributed by atoms with E-state index in [1.807, 2.05) is 6.92 Å². The molecule has 0 saturated heterocycles. The van der Waals surface area contributed by atoms with E-state index in [9.17, 15) is 17.6 Å². The number of hydrogen-bond acceptors (Lipinski definition) is 3. The predicted molar refractivity (Wildman–Crippen MR) is 74.1 cm³/mol. The fraction of sp³-hybridized carbons (Fsp3) is 0.417. The average molecular weight is 340 g/mol. The third-order valence-electron chi connectivity index (χ3n) is 3.20. The van der Waals surface area contributed by atoms with Gasteiger partial charge < -0.3 is 5.32 Å². The number of benzene rings is 1. The molecule has 1 saturated carbocycles. The molecule has 1 aliphatic carbocycles. The highest BCUT2D eigenvalue weighted by molar-refractivity contribution is 8.13. The normalized spacial score (nSPS) is 16.8. The van der Waals surface area contributed by atoms with Gasteiger partial charge in [-0.15, -0.1) is 0 Å². The van der Waals surface area contributed by atoms with Gasteiger partial charge in [0.25, 0.3) is 15.0 Å². The molecule has 4 nitrogen and oxygen atoms in total. The van der Waals surface area contributed by atoms with Crippen LogP contribution in [-0.2, 0) is 9.05 Å². The molecule has 0 heterocycles. The highest BCUT2D eigenvalue weighted by atomic mass is 35.7. The molecule has 1 aliphatic rings. The molecule has 2 rings (SSSR count). The van der Waals surface area contributed by atoms with Gasteiger partial charge in [0, 0.05) is 21.7 Å². The summed E-state index contributed by atoms with van der Waals surface area (Å²) >= 11 is 5.71. The van der Waals surface area contributed by atoms with E-state index < -0.39 is 31.2 Å². The smallest absolute Gasteiger partial charge is 0.264 e. The van der Waals surface area contributed by atoms with Gasteiger partial charge in [-0.1, -0.05) is 11.6 Å². The van der Waals surface area contributed by atoms with E-state index in [4.69, 9.17) is 22.3 Å². The maximum absolute atomic E-state index is 14.1. The molecular formula is C12H12Cl2FNO3S. The Labute approximate surface area is 125 Å². The fourth-order valence-electron chi connectivity index (χ4n) is 1.91. The second-order valence-electron chi connectivity index (χ2n) is 4.80. The average Bonchev–Trinajstić information content (AvgIpc) is 3.13. The molecular weight excluding hydrogens is 328 g/mol. The van der Waals surface area contributed by atoms with Crippen molar-refractivity contribution in [2.75, 3.05) is 0 Å². The summed E-state index contributed by atoms with van der Waals surface area (Å²) in [6.45, 7) is 1.82. The minimum absolute atomic E-state index is 0.0742. The highest BCUT2D eigenvalue weighted by Crippen LogP contribution is 2.33. The van der Waals surface area contributed by atoms with Crippen molar-refractivity contribution >= 4 is 37.2 Å². The van der Waals surface area contributed by atoms with Crippen LogP contribution in [0.1, 0.15) is 30.1 Å². The summed E-state index contributed by atoms with van der Waals surface area (Å²) in [5.41, 5.74) is -0.427. The molecule has 0 aromatic heterocycles. The molecule has 1 aromatic carbocycles. The van der Waals surface area contributed by atoms with Crippen LogP contribution in [0, 0.1) is 11.7 Å². The van der Waals surface area contributed by atoms with Gasteiger partial charge in [0.2, 0.25) is 0 Å². The molecule has 1 unspecified atom stereocenters. The first-order valence-electron chi connectivity index (χ1n) is 5.94. The minimum atomic E-state index is -4.31. The Balaban J connectivity index is 2.35. The standard InChI is InChI=1S/C12H12Cl2FNO3S/c1-6(7-2-3-7)16-12(17)9-4-8(13)5-10(11(9)15)20(14,18)19/h4-7H,2-3H2,1H3,(H,16,17). The van der Waals surface area contributed by atoms with Crippen LogP contribution in [0.3, 0.4) is 0 Å². The van der Waals surface area contributed by atoms with Crippen molar-refractivity contribution in [2.45, 2.75) is 30.7 Å². The molecule has 1 aromatic rings. The van der Waals surface area contributed by atoms with Gasteiger partial charge in [-0.25, -0.2) is 12.8 Å². The third-order valence-corrected chi connectivity index (χ3v) is 4.74. The van der Waals surface area contributed by atoms with Crippen molar-refractivity contribution in [1.29, 1.82) is 0 Å². The first kappa shape index (κ1) is 15.5. The Bertz CT molecular complexity index is 659. The first-order valence-corrected chi connectivity index (χ1v) is 8.63. The maximum atomic E-state index is 14.1. The number of carbonyl (C=O) groups is 1. The Morgan fingerprint density at radius 2 is 2.05 bits per heavy atom. The lowest BCUT2D eigenvalue weighted by Crippen LogP contribution is -2.34. The van der Waals surface area contributed by atoms with Gasteiger partial charge in [0.05, 0.1) is 5.56 Å². The number of amides is 1. The van der Waals surface area contributed by atoms with E-state index in [1.165, 1.54) is 0 Å². The van der Waals surface area contributed by atoms with Gasteiger partial charge in [-0.05, 0) is 37.8 Å². The summed E-state index contributed by atoms with van der Waals surface area (Å²) in [5.74, 6) is -1.51. The molecule has 0 spiro atoms. The van der Waals surface area contributed by atoms with Gasteiger partial charge in [-0.3, -0.25) is 4.79 Å². The van der Waals surface area contributed by atoms with Crippen LogP contribution in [0.2, 0.25) is 5.02 Å². The van der Waals surface area contributed by atoms with Crippen LogP contribution in [0.4, 0.5) is 4.39 Å². The largest absolute Gasteiger partial charge is 0.349 e. The lowest BCUT2D eigenvalue weighted by molar-refractivity contribution is 0.0931. The summed E-state index contributed by atoms with van der Waals surface area (Å²) in [4.78, 5) is 11.2. The topological polar surface area (TPSA) is 63.2 Å². The molecule has 20 heavy (non-hydrogen) atoms. The first-order chi connectivity index (χ1) is 9.20. The molecule has 1 fully saturated rings. The Hall–Kier alpha value is -0.850. The zero-order valence-corrected chi connectivity index (χ0v) is 12.8. The molecule has 110 valence electrons. The summed E-state index contributed by atoms with van der Waals surface area (Å²) in [6, 6.07) is 1.86. The van der Waals surface area contributed by atoms with Crippen molar-refractivity contribution in [1.82, 2.24) is 5.32 Å². The van der Waals surface area contributed by atoms with Crippen LogP contribution in [0.5, 0.6) is 0 Å². The Morgan fingerprint density at radius 3 is 2.55 bits per heavy atom. The van der Waals surface area contributed by atoms with Gasteiger partial charge in [-0.2, -0.15) is 0 Å². The van der Waals surface area contributed by atoms with E-state index in [0.717, 1.165) is 25.0 Å². The Morgan fingerprint density at radius 1 is 1.45 bits per heavy atom.